The number of nitrogens with one attached hydrogen (secondary N) is 1. The Hall–Kier alpha value is -1.81. The van der Waals surface area contributed by atoms with Crippen molar-refractivity contribution in [3.8, 4) is 0 Å². The molecule has 0 aliphatic carbocycles. The molecule has 2 aromatic heterocycles. The molecule has 108 valence electrons. The molecule has 20 heavy (non-hydrogen) atoms. The summed E-state index contributed by atoms with van der Waals surface area (Å²) in [6.07, 6.45) is -2.74. The molecule has 0 spiro atoms. The zero-order valence-electron chi connectivity index (χ0n) is 10.1. The summed E-state index contributed by atoms with van der Waals surface area (Å²) in [4.78, 5) is 17.6. The van der Waals surface area contributed by atoms with Gasteiger partial charge >= 0.3 is 0 Å². The molecule has 4 N–H and O–H groups in total. The molecular formula is C11H12FN3O5. The average Bonchev–Trinajstić information content (AvgIpc) is 2.90. The summed E-state index contributed by atoms with van der Waals surface area (Å²) < 4.78 is 20.2. The highest BCUT2D eigenvalue weighted by molar-refractivity contribution is 5.75. The predicted molar refractivity (Wildman–Crippen MR) is 63.3 cm³/mol. The number of nitrogens with zero attached hydrogens (tertiary/aromatic N) is 2. The monoisotopic (exact) mass is 285 g/mol. The van der Waals surface area contributed by atoms with E-state index in [1.807, 2.05) is 0 Å². The Morgan fingerprint density at radius 1 is 1.45 bits per heavy atom. The molecule has 8 nitrogen and oxygen atoms in total. The number of ether oxygens (including phenoxy) is 1. The van der Waals surface area contributed by atoms with Crippen LogP contribution in [0.5, 0.6) is 0 Å². The zero-order valence-corrected chi connectivity index (χ0v) is 10.1. The lowest BCUT2D eigenvalue weighted by atomic mass is 10.1. The molecule has 1 saturated heterocycles. The van der Waals surface area contributed by atoms with Crippen LogP contribution in [0.3, 0.4) is 0 Å². The Labute approximate surface area is 111 Å². The number of aliphatic hydroxyl groups is 3. The fourth-order valence-corrected chi connectivity index (χ4v) is 2.35. The van der Waals surface area contributed by atoms with Crippen LogP contribution in [-0.2, 0) is 4.74 Å². The van der Waals surface area contributed by atoms with Crippen LogP contribution in [0.1, 0.15) is 6.23 Å². The van der Waals surface area contributed by atoms with Gasteiger partial charge in [-0.15, -0.1) is 0 Å². The minimum atomic E-state index is -1.37. The van der Waals surface area contributed by atoms with Crippen LogP contribution in [-0.4, -0.2) is 54.8 Å². The number of rotatable bonds is 2. The van der Waals surface area contributed by atoms with Crippen LogP contribution < -0.4 is 5.56 Å². The molecule has 4 atom stereocenters. The summed E-state index contributed by atoms with van der Waals surface area (Å²) in [5.74, 6) is -0.813. The first-order valence-corrected chi connectivity index (χ1v) is 5.90. The van der Waals surface area contributed by atoms with E-state index in [-0.39, 0.29) is 11.0 Å². The van der Waals surface area contributed by atoms with Crippen molar-refractivity contribution in [2.24, 2.45) is 0 Å². The van der Waals surface area contributed by atoms with Crippen molar-refractivity contribution >= 4 is 11.0 Å². The number of aromatic nitrogens is 3. The SMILES string of the molecule is O=c1[nH]cnc2c1c(F)cn2[C@@H]1O[C@H](CO)C(O)C1O. The maximum absolute atomic E-state index is 13.8. The minimum Gasteiger partial charge on any atom is -0.394 e. The van der Waals surface area contributed by atoms with Crippen LogP contribution in [0.15, 0.2) is 17.3 Å². The van der Waals surface area contributed by atoms with E-state index in [1.54, 1.807) is 0 Å². The molecule has 1 aliphatic heterocycles. The number of fused-ring (bicyclic) bond motifs is 1. The number of halogens is 1. The summed E-state index contributed by atoms with van der Waals surface area (Å²) in [6.45, 7) is -0.496. The first-order chi connectivity index (χ1) is 9.54. The summed E-state index contributed by atoms with van der Waals surface area (Å²) in [7, 11) is 0. The molecule has 1 aliphatic rings. The number of aromatic amines is 1. The van der Waals surface area contributed by atoms with Gasteiger partial charge in [0.25, 0.3) is 5.56 Å². The lowest BCUT2D eigenvalue weighted by Gasteiger charge is -2.16. The minimum absolute atomic E-state index is 0.0129. The number of hydrogen-bond donors (Lipinski definition) is 4. The van der Waals surface area contributed by atoms with Crippen LogP contribution >= 0.6 is 0 Å². The van der Waals surface area contributed by atoms with Gasteiger partial charge in [-0.05, 0) is 0 Å². The van der Waals surface area contributed by atoms with Crippen LogP contribution in [0.25, 0.3) is 11.0 Å². The lowest BCUT2D eigenvalue weighted by molar-refractivity contribution is -0.0510. The normalized spacial score (nSPS) is 30.2. The number of hydrogen-bond acceptors (Lipinski definition) is 6. The third kappa shape index (κ3) is 1.75. The third-order valence-corrected chi connectivity index (χ3v) is 3.36. The van der Waals surface area contributed by atoms with Gasteiger partial charge in [0.15, 0.2) is 17.7 Å². The van der Waals surface area contributed by atoms with Gasteiger partial charge in [-0.25, -0.2) is 9.37 Å². The van der Waals surface area contributed by atoms with Crippen molar-refractivity contribution in [1.82, 2.24) is 14.5 Å². The molecule has 1 fully saturated rings. The zero-order chi connectivity index (χ0) is 14.4. The van der Waals surface area contributed by atoms with Crippen molar-refractivity contribution in [3.05, 3.63) is 28.7 Å². The van der Waals surface area contributed by atoms with E-state index in [0.29, 0.717) is 0 Å². The third-order valence-electron chi connectivity index (χ3n) is 3.36. The van der Waals surface area contributed by atoms with E-state index in [9.17, 15) is 19.4 Å². The van der Waals surface area contributed by atoms with Gasteiger partial charge in [0.05, 0.1) is 12.9 Å². The van der Waals surface area contributed by atoms with Gasteiger partial charge in [-0.3, -0.25) is 4.79 Å². The highest BCUT2D eigenvalue weighted by Crippen LogP contribution is 2.31. The molecule has 0 amide bonds. The molecule has 2 unspecified atom stereocenters. The Morgan fingerprint density at radius 3 is 2.85 bits per heavy atom. The Morgan fingerprint density at radius 2 is 2.20 bits per heavy atom. The van der Waals surface area contributed by atoms with Gasteiger partial charge in [0.2, 0.25) is 0 Å². The Bertz CT molecular complexity index is 699. The Balaban J connectivity index is 2.12. The lowest BCUT2D eigenvalue weighted by Crippen LogP contribution is -2.33. The molecule has 2 aromatic rings. The summed E-state index contributed by atoms with van der Waals surface area (Å²) in [5, 5.41) is 28.4. The van der Waals surface area contributed by atoms with Gasteiger partial charge in [0, 0.05) is 6.20 Å². The second-order valence-corrected chi connectivity index (χ2v) is 4.54. The number of aliphatic hydroxyl groups excluding tert-OH is 3. The highest BCUT2D eigenvalue weighted by atomic mass is 19.1. The molecule has 9 heteroatoms. The van der Waals surface area contributed by atoms with Crippen molar-refractivity contribution in [2.45, 2.75) is 24.5 Å². The van der Waals surface area contributed by atoms with Crippen molar-refractivity contribution in [1.29, 1.82) is 0 Å². The summed E-state index contributed by atoms with van der Waals surface area (Å²) >= 11 is 0. The first kappa shape index (κ1) is 13.2. The number of H-pyrrole nitrogens is 1. The summed E-state index contributed by atoms with van der Waals surface area (Å²) in [6, 6.07) is 0. The molecule has 0 radical (unpaired) electrons. The topological polar surface area (TPSA) is 121 Å². The predicted octanol–water partition coefficient (Wildman–Crippen LogP) is -1.52. The van der Waals surface area contributed by atoms with Gasteiger partial charge in [-0.2, -0.15) is 0 Å². The van der Waals surface area contributed by atoms with E-state index in [1.165, 1.54) is 0 Å². The summed E-state index contributed by atoms with van der Waals surface area (Å²) in [5.41, 5.74) is -0.668. The fraction of sp³-hybridized carbons (Fsp3) is 0.455. The smallest absolute Gasteiger partial charge is 0.263 e. The van der Waals surface area contributed by atoms with Crippen molar-refractivity contribution in [3.63, 3.8) is 0 Å². The van der Waals surface area contributed by atoms with Crippen LogP contribution in [0.2, 0.25) is 0 Å². The van der Waals surface area contributed by atoms with E-state index in [0.717, 1.165) is 17.1 Å². The molecule has 3 rings (SSSR count). The molecular weight excluding hydrogens is 273 g/mol. The van der Waals surface area contributed by atoms with Gasteiger partial charge in [-0.1, -0.05) is 0 Å². The molecule has 0 aromatic carbocycles. The van der Waals surface area contributed by atoms with Crippen LogP contribution in [0, 0.1) is 5.82 Å². The second kappa shape index (κ2) is 4.63. The van der Waals surface area contributed by atoms with E-state index >= 15 is 0 Å². The van der Waals surface area contributed by atoms with E-state index in [2.05, 4.69) is 9.97 Å². The molecule has 3 heterocycles. The average molecular weight is 285 g/mol. The van der Waals surface area contributed by atoms with E-state index < -0.39 is 42.5 Å². The largest absolute Gasteiger partial charge is 0.394 e. The second-order valence-electron chi connectivity index (χ2n) is 4.54. The maximum Gasteiger partial charge on any atom is 0.263 e. The van der Waals surface area contributed by atoms with Crippen molar-refractivity contribution < 1.29 is 24.4 Å². The standard InChI is InChI=1S/C11H12FN3O5/c12-4-1-15(9-6(4)10(19)14-3-13-9)11-8(18)7(17)5(2-16)20-11/h1,3,5,7-8,11,16-18H,2H2,(H,13,14,19)/t5-,7?,8?,11-/m1/s1. The molecule has 0 saturated carbocycles. The first-order valence-electron chi connectivity index (χ1n) is 5.90. The Kier molecular flexibility index (Phi) is 3.05. The van der Waals surface area contributed by atoms with Gasteiger partial charge < -0.3 is 29.6 Å². The van der Waals surface area contributed by atoms with Gasteiger partial charge in [0.1, 0.15) is 23.7 Å². The van der Waals surface area contributed by atoms with Crippen molar-refractivity contribution in [2.75, 3.05) is 6.61 Å². The molecule has 0 bridgehead atoms. The fourth-order valence-electron chi connectivity index (χ4n) is 2.35. The maximum atomic E-state index is 13.8. The quantitative estimate of drug-likeness (QED) is 0.531. The highest BCUT2D eigenvalue weighted by Gasteiger charge is 2.44. The van der Waals surface area contributed by atoms with E-state index in [4.69, 9.17) is 9.84 Å². The van der Waals surface area contributed by atoms with Crippen LogP contribution in [0.4, 0.5) is 4.39 Å².